The Bertz CT molecular complexity index is 513. The fourth-order valence-electron chi connectivity index (χ4n) is 3.06. The van der Waals surface area contributed by atoms with E-state index in [2.05, 4.69) is 32.8 Å². The molecule has 0 aliphatic heterocycles. The second-order valence-corrected chi connectivity index (χ2v) is 5.02. The fourth-order valence-corrected chi connectivity index (χ4v) is 3.06. The van der Waals surface area contributed by atoms with Gasteiger partial charge in [-0.3, -0.25) is 0 Å². The van der Waals surface area contributed by atoms with Gasteiger partial charge in [-0.05, 0) is 25.8 Å². The summed E-state index contributed by atoms with van der Waals surface area (Å²) in [6.45, 7) is 3.23. The van der Waals surface area contributed by atoms with Crippen LogP contribution in [0, 0.1) is 0 Å². The average Bonchev–Trinajstić information content (AvgIpc) is 2.90. The highest BCUT2D eigenvalue weighted by Gasteiger charge is 2.22. The predicted octanol–water partition coefficient (Wildman–Crippen LogP) is 3.12. The molecule has 0 bridgehead atoms. The third kappa shape index (κ3) is 1.96. The van der Waals surface area contributed by atoms with Gasteiger partial charge in [0.25, 0.3) is 0 Å². The zero-order valence-electron chi connectivity index (χ0n) is 10.9. The highest BCUT2D eigenvalue weighted by Crippen LogP contribution is 2.29. The third-order valence-electron chi connectivity index (χ3n) is 3.96. The topological polar surface area (TPSA) is 44.8 Å². The van der Waals surface area contributed by atoms with E-state index >= 15 is 0 Å². The van der Waals surface area contributed by atoms with E-state index < -0.39 is 0 Å². The Morgan fingerprint density at radius 2 is 2.11 bits per heavy atom. The Hall–Kier alpha value is -1.58. The predicted molar refractivity (Wildman–Crippen MR) is 73.8 cm³/mol. The zero-order chi connectivity index (χ0) is 12.4. The second kappa shape index (κ2) is 4.96. The Morgan fingerprint density at radius 3 is 2.89 bits per heavy atom. The molecule has 4 nitrogen and oxygen atoms in total. The first kappa shape index (κ1) is 11.5. The molecule has 3 rings (SSSR count). The minimum atomic E-state index is 0.650. The van der Waals surface area contributed by atoms with E-state index in [0.29, 0.717) is 6.04 Å². The molecule has 2 aromatic heterocycles. The standard InChI is InChI=1S/C14H20N4/c1-2-18(11-6-4-3-5-7-11)14-12-8-9-15-13(12)16-10-17-14/h8-11H,2-7H2,1H3,(H,15,16,17). The quantitative estimate of drug-likeness (QED) is 0.902. The summed E-state index contributed by atoms with van der Waals surface area (Å²) in [5, 5.41) is 1.14. The number of nitrogens with one attached hydrogen (secondary N) is 1. The largest absolute Gasteiger partial charge is 0.353 e. The molecule has 1 fully saturated rings. The third-order valence-corrected chi connectivity index (χ3v) is 3.96. The summed E-state index contributed by atoms with van der Waals surface area (Å²) in [5.41, 5.74) is 0.939. The molecule has 1 saturated carbocycles. The number of H-pyrrole nitrogens is 1. The molecule has 2 aromatic rings. The highest BCUT2D eigenvalue weighted by atomic mass is 15.2. The molecule has 0 amide bonds. The molecule has 1 aliphatic rings. The molecule has 18 heavy (non-hydrogen) atoms. The van der Waals surface area contributed by atoms with Crippen molar-refractivity contribution in [2.24, 2.45) is 0 Å². The van der Waals surface area contributed by atoms with Crippen LogP contribution in [-0.2, 0) is 0 Å². The van der Waals surface area contributed by atoms with Crippen molar-refractivity contribution in [2.75, 3.05) is 11.4 Å². The van der Waals surface area contributed by atoms with Crippen molar-refractivity contribution in [3.05, 3.63) is 18.6 Å². The Kier molecular flexibility index (Phi) is 3.17. The molecule has 0 unspecified atom stereocenters. The van der Waals surface area contributed by atoms with Crippen molar-refractivity contribution >= 4 is 16.9 Å². The molecule has 2 heterocycles. The molecule has 0 radical (unpaired) electrons. The molecule has 1 N–H and O–H groups in total. The van der Waals surface area contributed by atoms with Gasteiger partial charge in [0, 0.05) is 18.8 Å². The van der Waals surface area contributed by atoms with Crippen LogP contribution in [-0.4, -0.2) is 27.5 Å². The summed E-state index contributed by atoms with van der Waals surface area (Å²) >= 11 is 0. The van der Waals surface area contributed by atoms with E-state index in [4.69, 9.17) is 0 Å². The number of hydrogen-bond acceptors (Lipinski definition) is 3. The van der Waals surface area contributed by atoms with Gasteiger partial charge in [0.1, 0.15) is 17.8 Å². The lowest BCUT2D eigenvalue weighted by Gasteiger charge is -2.34. The van der Waals surface area contributed by atoms with Crippen molar-refractivity contribution in [1.82, 2.24) is 15.0 Å². The van der Waals surface area contributed by atoms with Crippen LogP contribution < -0.4 is 4.90 Å². The number of hydrogen-bond donors (Lipinski definition) is 1. The van der Waals surface area contributed by atoms with E-state index in [1.807, 2.05) is 6.20 Å². The van der Waals surface area contributed by atoms with Gasteiger partial charge < -0.3 is 9.88 Å². The average molecular weight is 244 g/mol. The van der Waals surface area contributed by atoms with E-state index in [9.17, 15) is 0 Å². The first-order valence-electron chi connectivity index (χ1n) is 6.95. The van der Waals surface area contributed by atoms with Crippen molar-refractivity contribution < 1.29 is 0 Å². The van der Waals surface area contributed by atoms with Gasteiger partial charge in [-0.25, -0.2) is 9.97 Å². The van der Waals surface area contributed by atoms with Gasteiger partial charge in [0.05, 0.1) is 5.39 Å². The SMILES string of the molecule is CCN(c1ncnc2[nH]ccc12)C1CCCCC1. The fraction of sp³-hybridized carbons (Fsp3) is 0.571. The van der Waals surface area contributed by atoms with E-state index in [1.165, 1.54) is 32.1 Å². The van der Waals surface area contributed by atoms with Crippen LogP contribution in [0.25, 0.3) is 11.0 Å². The lowest BCUT2D eigenvalue weighted by Crippen LogP contribution is -2.37. The number of aromatic nitrogens is 3. The maximum absolute atomic E-state index is 4.52. The number of anilines is 1. The Morgan fingerprint density at radius 1 is 1.28 bits per heavy atom. The molecule has 0 saturated heterocycles. The normalized spacial score (nSPS) is 17.2. The summed E-state index contributed by atoms with van der Waals surface area (Å²) in [6.07, 6.45) is 10.3. The van der Waals surface area contributed by atoms with Crippen LogP contribution in [0.15, 0.2) is 18.6 Å². The van der Waals surface area contributed by atoms with Crippen LogP contribution in [0.2, 0.25) is 0 Å². The second-order valence-electron chi connectivity index (χ2n) is 5.02. The van der Waals surface area contributed by atoms with Gasteiger partial charge in [0.2, 0.25) is 0 Å². The first-order valence-corrected chi connectivity index (χ1v) is 6.95. The Labute approximate surface area is 107 Å². The number of rotatable bonds is 3. The first-order chi connectivity index (χ1) is 8.90. The minimum absolute atomic E-state index is 0.650. The summed E-state index contributed by atoms with van der Waals surface area (Å²) in [6, 6.07) is 2.73. The molecule has 96 valence electrons. The van der Waals surface area contributed by atoms with Crippen LogP contribution in [0.5, 0.6) is 0 Å². The monoisotopic (exact) mass is 244 g/mol. The van der Waals surface area contributed by atoms with Crippen molar-refractivity contribution in [1.29, 1.82) is 0 Å². The zero-order valence-corrected chi connectivity index (χ0v) is 10.9. The maximum Gasteiger partial charge on any atom is 0.142 e. The van der Waals surface area contributed by atoms with Crippen molar-refractivity contribution in [2.45, 2.75) is 45.1 Å². The minimum Gasteiger partial charge on any atom is -0.353 e. The summed E-state index contributed by atoms with van der Waals surface area (Å²) in [7, 11) is 0. The molecule has 4 heteroatoms. The number of nitrogens with zero attached hydrogens (tertiary/aromatic N) is 3. The van der Waals surface area contributed by atoms with Crippen LogP contribution in [0.3, 0.4) is 0 Å². The van der Waals surface area contributed by atoms with Crippen LogP contribution in [0.4, 0.5) is 5.82 Å². The van der Waals surface area contributed by atoms with E-state index in [1.54, 1.807) is 6.33 Å². The van der Waals surface area contributed by atoms with E-state index in [-0.39, 0.29) is 0 Å². The lowest BCUT2D eigenvalue weighted by atomic mass is 9.94. The summed E-state index contributed by atoms with van der Waals surface area (Å²) in [5.74, 6) is 1.09. The Balaban J connectivity index is 1.97. The van der Waals surface area contributed by atoms with Crippen molar-refractivity contribution in [3.63, 3.8) is 0 Å². The lowest BCUT2D eigenvalue weighted by molar-refractivity contribution is 0.417. The molecule has 0 atom stereocenters. The van der Waals surface area contributed by atoms with Crippen LogP contribution in [0.1, 0.15) is 39.0 Å². The highest BCUT2D eigenvalue weighted by molar-refractivity contribution is 5.87. The maximum atomic E-state index is 4.52. The summed E-state index contributed by atoms with van der Waals surface area (Å²) < 4.78 is 0. The van der Waals surface area contributed by atoms with Gasteiger partial charge >= 0.3 is 0 Å². The molecule has 0 aromatic carbocycles. The van der Waals surface area contributed by atoms with Gasteiger partial charge in [-0.1, -0.05) is 19.3 Å². The van der Waals surface area contributed by atoms with Crippen molar-refractivity contribution in [3.8, 4) is 0 Å². The molecular formula is C14H20N4. The van der Waals surface area contributed by atoms with E-state index in [0.717, 1.165) is 23.4 Å². The van der Waals surface area contributed by atoms with Gasteiger partial charge in [-0.2, -0.15) is 0 Å². The smallest absolute Gasteiger partial charge is 0.142 e. The number of aromatic amines is 1. The van der Waals surface area contributed by atoms with Gasteiger partial charge in [0.15, 0.2) is 0 Å². The number of fused-ring (bicyclic) bond motifs is 1. The van der Waals surface area contributed by atoms with Crippen LogP contribution >= 0.6 is 0 Å². The summed E-state index contributed by atoms with van der Waals surface area (Å²) in [4.78, 5) is 14.4. The molecule has 1 aliphatic carbocycles. The molecule has 0 spiro atoms. The molecular weight excluding hydrogens is 224 g/mol. The van der Waals surface area contributed by atoms with Gasteiger partial charge in [-0.15, -0.1) is 0 Å².